The van der Waals surface area contributed by atoms with Gasteiger partial charge in [0.1, 0.15) is 13.1 Å². The summed E-state index contributed by atoms with van der Waals surface area (Å²) < 4.78 is 151. The standard InChI is InChI=1S/C13H12F6N2.C12H10F6N2/c1-2-5-21(8-12(14,15)16)10-4-3-9(7-20)11(6-10)13(17,18)19;1-2-20(7-11(13,14)15)9-4-3-8(6-19)10(5-9)12(16,17)18/h3-4,6H,2,5,8H2,1H3;3-5H,2,7H2,1H3. The summed E-state index contributed by atoms with van der Waals surface area (Å²) in [6.07, 6.45) is -18.3. The summed E-state index contributed by atoms with van der Waals surface area (Å²) in [6.45, 7) is 0.178. The molecule has 0 aliphatic rings. The van der Waals surface area contributed by atoms with Crippen molar-refractivity contribution in [2.75, 3.05) is 36.0 Å². The van der Waals surface area contributed by atoms with E-state index in [1.165, 1.54) is 19.1 Å². The number of nitrogens with zero attached hydrogens (tertiary/aromatic N) is 4. The molecule has 2 aromatic carbocycles. The fraction of sp³-hybridized carbons (Fsp3) is 0.440. The predicted octanol–water partition coefficient (Wildman–Crippen LogP) is 8.32. The Labute approximate surface area is 227 Å². The first-order chi connectivity index (χ1) is 18.7. The third-order valence-corrected chi connectivity index (χ3v) is 5.20. The second kappa shape index (κ2) is 13.7. The van der Waals surface area contributed by atoms with Gasteiger partial charge in [-0.2, -0.15) is 63.2 Å². The Hall–Kier alpha value is -3.82. The lowest BCUT2D eigenvalue weighted by Crippen LogP contribution is -2.35. The normalized spacial score (nSPS) is 12.1. The predicted molar refractivity (Wildman–Crippen MR) is 125 cm³/mol. The van der Waals surface area contributed by atoms with Crippen LogP contribution in [0.3, 0.4) is 0 Å². The maximum Gasteiger partial charge on any atom is 0.417 e. The average molecular weight is 606 g/mol. The van der Waals surface area contributed by atoms with Crippen LogP contribution in [0.15, 0.2) is 36.4 Å². The van der Waals surface area contributed by atoms with Crippen LogP contribution < -0.4 is 9.80 Å². The zero-order valence-corrected chi connectivity index (χ0v) is 21.3. The molecule has 0 spiro atoms. The van der Waals surface area contributed by atoms with E-state index in [0.717, 1.165) is 34.1 Å². The van der Waals surface area contributed by atoms with E-state index in [0.29, 0.717) is 18.6 Å². The molecule has 0 aromatic heterocycles. The monoisotopic (exact) mass is 606 g/mol. The van der Waals surface area contributed by atoms with E-state index >= 15 is 0 Å². The SMILES string of the molecule is CCCN(CC(F)(F)F)c1ccc(C#N)c(C(F)(F)F)c1.CCN(CC(F)(F)F)c1ccc(C#N)c(C(F)(F)F)c1. The highest BCUT2D eigenvalue weighted by Crippen LogP contribution is 2.36. The van der Waals surface area contributed by atoms with Crippen molar-refractivity contribution < 1.29 is 52.7 Å². The summed E-state index contributed by atoms with van der Waals surface area (Å²) in [5.41, 5.74) is -4.14. The van der Waals surface area contributed by atoms with Crippen LogP contribution in [0.2, 0.25) is 0 Å². The van der Waals surface area contributed by atoms with Gasteiger partial charge in [0.05, 0.1) is 34.4 Å². The summed E-state index contributed by atoms with van der Waals surface area (Å²) in [7, 11) is 0. The second-order valence-electron chi connectivity index (χ2n) is 8.34. The molecule has 41 heavy (non-hydrogen) atoms. The van der Waals surface area contributed by atoms with Gasteiger partial charge in [-0.3, -0.25) is 0 Å². The molecule has 16 heteroatoms. The minimum absolute atomic E-state index is 0.0390. The molecular formula is C25H22F12N4. The quantitative estimate of drug-likeness (QED) is 0.298. The molecule has 226 valence electrons. The number of rotatable bonds is 7. The molecule has 0 N–H and O–H groups in total. The summed E-state index contributed by atoms with van der Waals surface area (Å²) in [5.74, 6) is 0. The Balaban J connectivity index is 0.000000410. The maximum absolute atomic E-state index is 12.8. The van der Waals surface area contributed by atoms with Crippen molar-refractivity contribution in [3.05, 3.63) is 58.7 Å². The van der Waals surface area contributed by atoms with Crippen molar-refractivity contribution in [1.82, 2.24) is 0 Å². The van der Waals surface area contributed by atoms with Crippen LogP contribution in [0.1, 0.15) is 42.5 Å². The van der Waals surface area contributed by atoms with Crippen molar-refractivity contribution >= 4 is 11.4 Å². The first-order valence-electron chi connectivity index (χ1n) is 11.5. The van der Waals surface area contributed by atoms with E-state index < -0.39 is 60.0 Å². The van der Waals surface area contributed by atoms with Crippen molar-refractivity contribution in [1.29, 1.82) is 10.5 Å². The number of halogens is 12. The number of anilines is 2. The smallest absolute Gasteiger partial charge is 0.363 e. The first-order valence-corrected chi connectivity index (χ1v) is 11.5. The molecule has 0 aliphatic carbocycles. The highest BCUT2D eigenvalue weighted by atomic mass is 19.4. The van der Waals surface area contributed by atoms with E-state index in [1.807, 2.05) is 0 Å². The minimum Gasteiger partial charge on any atom is -0.363 e. The van der Waals surface area contributed by atoms with Crippen LogP contribution in [0.25, 0.3) is 0 Å². The summed E-state index contributed by atoms with van der Waals surface area (Å²) in [4.78, 5) is 1.58. The van der Waals surface area contributed by atoms with Gasteiger partial charge in [-0.1, -0.05) is 6.92 Å². The Morgan fingerprint density at radius 1 is 0.610 bits per heavy atom. The summed E-state index contributed by atoms with van der Waals surface area (Å²) in [5, 5.41) is 17.3. The Kier molecular flexibility index (Phi) is 11.8. The van der Waals surface area contributed by atoms with Crippen LogP contribution in [0.5, 0.6) is 0 Å². The molecule has 0 fully saturated rings. The van der Waals surface area contributed by atoms with Crippen LogP contribution in [-0.2, 0) is 12.4 Å². The molecule has 0 aliphatic heterocycles. The van der Waals surface area contributed by atoms with Gasteiger partial charge in [-0.25, -0.2) is 0 Å². The lowest BCUT2D eigenvalue weighted by atomic mass is 10.1. The van der Waals surface area contributed by atoms with E-state index in [2.05, 4.69) is 0 Å². The largest absolute Gasteiger partial charge is 0.417 e. The van der Waals surface area contributed by atoms with Gasteiger partial charge in [0, 0.05) is 24.5 Å². The molecule has 2 rings (SSSR count). The molecule has 0 unspecified atom stereocenters. The van der Waals surface area contributed by atoms with E-state index in [4.69, 9.17) is 10.5 Å². The Bertz CT molecular complexity index is 1230. The Morgan fingerprint density at radius 2 is 0.976 bits per heavy atom. The van der Waals surface area contributed by atoms with Crippen LogP contribution in [0.4, 0.5) is 64.1 Å². The van der Waals surface area contributed by atoms with E-state index in [-0.39, 0.29) is 24.5 Å². The van der Waals surface area contributed by atoms with Crippen molar-refractivity contribution in [3.8, 4) is 12.1 Å². The van der Waals surface area contributed by atoms with Crippen molar-refractivity contribution in [2.45, 2.75) is 45.0 Å². The lowest BCUT2D eigenvalue weighted by molar-refractivity contribution is -0.138. The van der Waals surface area contributed by atoms with E-state index in [9.17, 15) is 52.7 Å². The molecule has 0 heterocycles. The number of hydrogen-bond acceptors (Lipinski definition) is 4. The van der Waals surface area contributed by atoms with Crippen molar-refractivity contribution in [2.24, 2.45) is 0 Å². The molecule has 0 saturated heterocycles. The fourth-order valence-electron chi connectivity index (χ4n) is 3.51. The highest BCUT2D eigenvalue weighted by Gasteiger charge is 2.37. The molecule has 4 nitrogen and oxygen atoms in total. The molecule has 0 amide bonds. The van der Waals surface area contributed by atoms with Gasteiger partial charge in [-0.15, -0.1) is 0 Å². The lowest BCUT2D eigenvalue weighted by Gasteiger charge is -2.26. The first kappa shape index (κ1) is 35.2. The van der Waals surface area contributed by atoms with Gasteiger partial charge >= 0.3 is 24.7 Å². The molecular weight excluding hydrogens is 584 g/mol. The number of benzene rings is 2. The molecule has 0 radical (unpaired) electrons. The average Bonchev–Trinajstić information content (AvgIpc) is 2.84. The zero-order valence-electron chi connectivity index (χ0n) is 21.3. The number of nitriles is 2. The minimum atomic E-state index is -4.79. The van der Waals surface area contributed by atoms with E-state index in [1.54, 1.807) is 6.92 Å². The third kappa shape index (κ3) is 11.3. The van der Waals surface area contributed by atoms with Gasteiger partial charge in [0.25, 0.3) is 0 Å². The van der Waals surface area contributed by atoms with Gasteiger partial charge in [0.2, 0.25) is 0 Å². The second-order valence-corrected chi connectivity index (χ2v) is 8.34. The molecule has 0 saturated carbocycles. The maximum atomic E-state index is 12.8. The fourth-order valence-corrected chi connectivity index (χ4v) is 3.51. The molecule has 0 bridgehead atoms. The molecule has 0 atom stereocenters. The topological polar surface area (TPSA) is 54.1 Å². The summed E-state index contributed by atoms with van der Waals surface area (Å²) in [6, 6.07) is 7.83. The van der Waals surface area contributed by atoms with Crippen LogP contribution in [-0.4, -0.2) is 38.5 Å². The molecule has 2 aromatic rings. The highest BCUT2D eigenvalue weighted by molar-refractivity contribution is 5.56. The van der Waals surface area contributed by atoms with Gasteiger partial charge in [0.15, 0.2) is 0 Å². The number of alkyl halides is 12. The number of hydrogen-bond donors (Lipinski definition) is 0. The van der Waals surface area contributed by atoms with Gasteiger partial charge < -0.3 is 9.80 Å². The summed E-state index contributed by atoms with van der Waals surface area (Å²) >= 11 is 0. The van der Waals surface area contributed by atoms with Crippen LogP contribution >= 0.6 is 0 Å². The van der Waals surface area contributed by atoms with Crippen LogP contribution in [0, 0.1) is 22.7 Å². The third-order valence-electron chi connectivity index (χ3n) is 5.20. The Morgan fingerprint density at radius 3 is 1.27 bits per heavy atom. The zero-order chi connectivity index (χ0) is 31.8. The van der Waals surface area contributed by atoms with Gasteiger partial charge in [-0.05, 0) is 49.7 Å². The van der Waals surface area contributed by atoms with Crippen molar-refractivity contribution in [3.63, 3.8) is 0 Å².